The van der Waals surface area contributed by atoms with Crippen molar-refractivity contribution in [3.8, 4) is 17.3 Å². The zero-order valence-electron chi connectivity index (χ0n) is 17.4. The number of fused-ring (bicyclic) bond motifs is 4. The number of aromatic nitrogens is 2. The Kier molecular flexibility index (Phi) is 4.08. The number of benzene rings is 3. The molecule has 0 aliphatic rings. The molecule has 0 bridgehead atoms. The lowest BCUT2D eigenvalue weighted by Gasteiger charge is -2.14. The Bertz CT molecular complexity index is 1500. The summed E-state index contributed by atoms with van der Waals surface area (Å²) in [5.74, 6) is 0.425. The summed E-state index contributed by atoms with van der Waals surface area (Å²) in [6.07, 6.45) is 1.61. The zero-order valence-corrected chi connectivity index (χ0v) is 17.4. The van der Waals surface area contributed by atoms with Crippen LogP contribution in [-0.2, 0) is 0 Å². The Morgan fingerprint density at radius 2 is 1.77 bits per heavy atom. The summed E-state index contributed by atoms with van der Waals surface area (Å²) in [4.78, 5) is 9.20. The molecule has 2 heterocycles. The molecule has 0 spiro atoms. The molecular formula is C26H21N3O. The molecule has 0 N–H and O–H groups in total. The molecule has 146 valence electrons. The average molecular weight is 391 g/mol. The predicted molar refractivity (Wildman–Crippen MR) is 121 cm³/mol. The first kappa shape index (κ1) is 18.3. The third-order valence-electron chi connectivity index (χ3n) is 6.06. The second kappa shape index (κ2) is 6.67. The minimum Gasteiger partial charge on any atom is -0.455 e. The maximum atomic E-state index is 9.92. The van der Waals surface area contributed by atoms with Gasteiger partial charge in [0.05, 0.1) is 16.8 Å². The van der Waals surface area contributed by atoms with Gasteiger partial charge in [0.2, 0.25) is 0 Å². The van der Waals surface area contributed by atoms with Gasteiger partial charge in [-0.1, -0.05) is 44.2 Å². The van der Waals surface area contributed by atoms with Crippen LogP contribution >= 0.6 is 0 Å². The van der Waals surface area contributed by atoms with Crippen molar-refractivity contribution in [1.29, 1.82) is 5.26 Å². The van der Waals surface area contributed by atoms with Gasteiger partial charge in [-0.2, -0.15) is 5.26 Å². The Morgan fingerprint density at radius 1 is 0.967 bits per heavy atom. The van der Waals surface area contributed by atoms with Crippen LogP contribution in [-0.4, -0.2) is 9.97 Å². The minimum absolute atomic E-state index is 0.425. The molecular weight excluding hydrogens is 370 g/mol. The van der Waals surface area contributed by atoms with Gasteiger partial charge in [0.25, 0.3) is 0 Å². The molecule has 5 rings (SSSR count). The normalized spacial score (nSPS) is 11.6. The number of para-hydroxylation sites is 1. The van der Waals surface area contributed by atoms with Gasteiger partial charge in [-0.15, -0.1) is 0 Å². The van der Waals surface area contributed by atoms with Gasteiger partial charge in [-0.3, -0.25) is 0 Å². The molecule has 4 nitrogen and oxygen atoms in total. The van der Waals surface area contributed by atoms with E-state index in [2.05, 4.69) is 48.1 Å². The van der Waals surface area contributed by atoms with Crippen molar-refractivity contribution in [2.45, 2.75) is 33.6 Å². The van der Waals surface area contributed by atoms with Crippen molar-refractivity contribution in [3.05, 3.63) is 71.0 Å². The maximum absolute atomic E-state index is 9.92. The van der Waals surface area contributed by atoms with Crippen LogP contribution in [0.1, 0.15) is 42.0 Å². The van der Waals surface area contributed by atoms with Crippen LogP contribution in [0.15, 0.2) is 53.2 Å². The number of rotatable bonds is 2. The summed E-state index contributed by atoms with van der Waals surface area (Å²) >= 11 is 0. The van der Waals surface area contributed by atoms with Crippen LogP contribution in [0, 0.1) is 25.2 Å². The lowest BCUT2D eigenvalue weighted by atomic mass is 9.90. The number of furan rings is 1. The molecule has 0 saturated carbocycles. The van der Waals surface area contributed by atoms with Crippen LogP contribution in [0.25, 0.3) is 44.1 Å². The fraction of sp³-hybridized carbons (Fsp3) is 0.192. The van der Waals surface area contributed by atoms with Gasteiger partial charge in [-0.05, 0) is 48.6 Å². The number of nitrogens with zero attached hydrogens (tertiary/aromatic N) is 3. The summed E-state index contributed by atoms with van der Waals surface area (Å²) in [7, 11) is 0. The SMILES string of the molecule is Cc1c(C)c(C#N)c2c(oc3ccccc32)c1-c1ncnc2cc(C(C)C)ccc12. The second-order valence-electron chi connectivity index (χ2n) is 8.07. The molecule has 0 unspecified atom stereocenters. The van der Waals surface area contributed by atoms with Crippen LogP contribution < -0.4 is 0 Å². The zero-order chi connectivity index (χ0) is 21.0. The van der Waals surface area contributed by atoms with Crippen molar-refractivity contribution in [2.75, 3.05) is 0 Å². The first-order valence-corrected chi connectivity index (χ1v) is 10.1. The van der Waals surface area contributed by atoms with E-state index in [9.17, 15) is 5.26 Å². The highest BCUT2D eigenvalue weighted by Crippen LogP contribution is 2.42. The molecule has 3 aromatic carbocycles. The molecule has 0 saturated heterocycles. The summed E-state index contributed by atoms with van der Waals surface area (Å²) < 4.78 is 6.32. The molecule has 0 radical (unpaired) electrons. The largest absolute Gasteiger partial charge is 0.455 e. The molecule has 0 atom stereocenters. The summed E-state index contributed by atoms with van der Waals surface area (Å²) in [6, 6.07) is 16.6. The van der Waals surface area contributed by atoms with E-state index in [4.69, 9.17) is 4.42 Å². The first-order valence-electron chi connectivity index (χ1n) is 10.1. The van der Waals surface area contributed by atoms with Crippen molar-refractivity contribution in [1.82, 2.24) is 9.97 Å². The molecule has 5 aromatic rings. The molecule has 2 aromatic heterocycles. The van der Waals surface area contributed by atoms with Crippen molar-refractivity contribution >= 4 is 32.8 Å². The standard InChI is InChI=1S/C26H21N3O/c1-14(2)17-9-10-18-21(11-17)28-13-29-25(18)23-16(4)15(3)20(12-27)24-19-7-5-6-8-22(19)30-26(23)24/h5-11,13-14H,1-4H3. The minimum atomic E-state index is 0.425. The van der Waals surface area contributed by atoms with Gasteiger partial charge in [-0.25, -0.2) is 9.97 Å². The summed E-state index contributed by atoms with van der Waals surface area (Å²) in [5, 5.41) is 12.7. The van der Waals surface area contributed by atoms with E-state index >= 15 is 0 Å². The monoisotopic (exact) mass is 391 g/mol. The fourth-order valence-corrected chi connectivity index (χ4v) is 4.26. The van der Waals surface area contributed by atoms with E-state index in [0.29, 0.717) is 17.1 Å². The van der Waals surface area contributed by atoms with Crippen LogP contribution in [0.5, 0.6) is 0 Å². The smallest absolute Gasteiger partial charge is 0.146 e. The first-order chi connectivity index (χ1) is 14.5. The van der Waals surface area contributed by atoms with E-state index in [-0.39, 0.29) is 0 Å². The second-order valence-corrected chi connectivity index (χ2v) is 8.07. The lowest BCUT2D eigenvalue weighted by Crippen LogP contribution is -1.98. The Hall–Kier alpha value is -3.71. The van der Waals surface area contributed by atoms with Gasteiger partial charge >= 0.3 is 0 Å². The van der Waals surface area contributed by atoms with E-state index in [0.717, 1.165) is 49.6 Å². The van der Waals surface area contributed by atoms with Crippen LogP contribution in [0.4, 0.5) is 0 Å². The Balaban J connectivity index is 1.95. The van der Waals surface area contributed by atoms with Crippen molar-refractivity contribution < 1.29 is 4.42 Å². The highest BCUT2D eigenvalue weighted by atomic mass is 16.3. The molecule has 30 heavy (non-hydrogen) atoms. The van der Waals surface area contributed by atoms with E-state index < -0.39 is 0 Å². The van der Waals surface area contributed by atoms with E-state index in [1.54, 1.807) is 6.33 Å². The molecule has 4 heteroatoms. The maximum Gasteiger partial charge on any atom is 0.146 e. The Labute approximate surface area is 174 Å². The average Bonchev–Trinajstić information content (AvgIpc) is 3.13. The highest BCUT2D eigenvalue weighted by Gasteiger charge is 2.23. The lowest BCUT2D eigenvalue weighted by molar-refractivity contribution is 0.669. The topological polar surface area (TPSA) is 62.7 Å². The molecule has 0 amide bonds. The predicted octanol–water partition coefficient (Wildman–Crippen LogP) is 6.81. The van der Waals surface area contributed by atoms with Crippen LogP contribution in [0.3, 0.4) is 0 Å². The molecule has 0 aliphatic heterocycles. The number of hydrogen-bond donors (Lipinski definition) is 0. The summed E-state index contributed by atoms with van der Waals surface area (Å²) in [6.45, 7) is 8.39. The van der Waals surface area contributed by atoms with Gasteiger partial charge in [0.15, 0.2) is 0 Å². The third-order valence-corrected chi connectivity index (χ3v) is 6.06. The van der Waals surface area contributed by atoms with Gasteiger partial charge in [0.1, 0.15) is 23.6 Å². The van der Waals surface area contributed by atoms with E-state index in [1.165, 1.54) is 5.56 Å². The molecule has 0 aliphatic carbocycles. The Morgan fingerprint density at radius 3 is 2.53 bits per heavy atom. The number of hydrogen-bond acceptors (Lipinski definition) is 4. The van der Waals surface area contributed by atoms with Gasteiger partial charge < -0.3 is 4.42 Å². The van der Waals surface area contributed by atoms with Gasteiger partial charge in [0, 0.05) is 21.7 Å². The fourth-order valence-electron chi connectivity index (χ4n) is 4.26. The highest BCUT2D eigenvalue weighted by molar-refractivity contribution is 6.15. The summed E-state index contributed by atoms with van der Waals surface area (Å²) in [5.41, 5.74) is 8.04. The van der Waals surface area contributed by atoms with E-state index in [1.807, 2.05) is 38.1 Å². The molecule has 0 fully saturated rings. The van der Waals surface area contributed by atoms with Crippen molar-refractivity contribution in [3.63, 3.8) is 0 Å². The van der Waals surface area contributed by atoms with Crippen molar-refractivity contribution in [2.24, 2.45) is 0 Å². The number of nitriles is 1. The van der Waals surface area contributed by atoms with Crippen LogP contribution in [0.2, 0.25) is 0 Å². The third kappa shape index (κ3) is 2.52. The quantitative estimate of drug-likeness (QED) is 0.332.